The Morgan fingerprint density at radius 2 is 1.36 bits per heavy atom. The van der Waals surface area contributed by atoms with E-state index in [4.69, 9.17) is 4.74 Å². The average Bonchev–Trinajstić information content (AvgIpc) is 2.50. The molecule has 1 saturated heterocycles. The van der Waals surface area contributed by atoms with E-state index in [2.05, 4.69) is 6.92 Å². The zero-order valence-corrected chi connectivity index (χ0v) is 17.3. The van der Waals surface area contributed by atoms with Crippen LogP contribution in [0.4, 0.5) is 0 Å². The first kappa shape index (κ1) is 22.4. The van der Waals surface area contributed by atoms with E-state index in [-0.39, 0.29) is 23.2 Å². The van der Waals surface area contributed by atoms with Gasteiger partial charge in [0.15, 0.2) is 0 Å². The van der Waals surface area contributed by atoms with Crippen molar-refractivity contribution in [3.8, 4) is 0 Å². The summed E-state index contributed by atoms with van der Waals surface area (Å²) in [5.41, 5.74) is -0.741. The third kappa shape index (κ3) is 8.08. The minimum atomic E-state index is -0.371. The molecule has 1 rings (SSSR count). The monoisotopic (exact) mass is 355 g/mol. The Morgan fingerprint density at radius 3 is 1.84 bits per heavy atom. The van der Waals surface area contributed by atoms with Crippen molar-refractivity contribution in [3.63, 3.8) is 0 Å². The van der Waals surface area contributed by atoms with Gasteiger partial charge in [-0.3, -0.25) is 4.79 Å². The molecule has 1 aliphatic heterocycles. The smallest absolute Gasteiger partial charge is 0.306 e. The summed E-state index contributed by atoms with van der Waals surface area (Å²) in [6.07, 6.45) is 13.0. The first-order chi connectivity index (χ1) is 11.7. The number of ether oxygens (including phenoxy) is 1. The Labute approximate surface area is 155 Å². The van der Waals surface area contributed by atoms with E-state index < -0.39 is 0 Å². The molecule has 0 radical (unpaired) electrons. The van der Waals surface area contributed by atoms with Gasteiger partial charge in [-0.2, -0.15) is 5.06 Å². The lowest BCUT2D eigenvalue weighted by Gasteiger charge is -2.50. The number of unbranched alkanes of at least 4 members (excludes halogenated alkanes) is 8. The molecular weight excluding hydrogens is 314 g/mol. The third-order valence-corrected chi connectivity index (χ3v) is 5.38. The fourth-order valence-corrected chi connectivity index (χ4v) is 4.09. The van der Waals surface area contributed by atoms with Crippen molar-refractivity contribution in [2.75, 3.05) is 0 Å². The first-order valence-electron chi connectivity index (χ1n) is 10.4. The van der Waals surface area contributed by atoms with Crippen molar-refractivity contribution in [1.29, 1.82) is 0 Å². The van der Waals surface area contributed by atoms with Crippen LogP contribution in [0.2, 0.25) is 0 Å². The molecule has 0 unspecified atom stereocenters. The Balaban J connectivity index is 2.16. The number of nitrogens with zero attached hydrogens (tertiary/aromatic N) is 1. The van der Waals surface area contributed by atoms with Crippen LogP contribution in [0.1, 0.15) is 112 Å². The Kier molecular flexibility index (Phi) is 9.44. The number of piperidine rings is 1. The van der Waals surface area contributed by atoms with E-state index in [1.807, 2.05) is 27.7 Å². The van der Waals surface area contributed by atoms with Crippen molar-refractivity contribution in [3.05, 3.63) is 0 Å². The van der Waals surface area contributed by atoms with Gasteiger partial charge in [0.25, 0.3) is 0 Å². The lowest BCUT2D eigenvalue weighted by atomic mass is 9.80. The Morgan fingerprint density at radius 1 is 0.920 bits per heavy atom. The van der Waals surface area contributed by atoms with Crippen LogP contribution in [0.3, 0.4) is 0 Å². The molecule has 0 atom stereocenters. The number of rotatable bonds is 11. The molecule has 0 aromatic heterocycles. The fraction of sp³-hybridized carbons (Fsp3) is 0.952. The van der Waals surface area contributed by atoms with Gasteiger partial charge in [0.2, 0.25) is 0 Å². The highest BCUT2D eigenvalue weighted by Gasteiger charge is 2.46. The highest BCUT2D eigenvalue weighted by molar-refractivity contribution is 5.69. The number of carbonyl (C=O) groups is 1. The lowest BCUT2D eigenvalue weighted by molar-refractivity contribution is -0.259. The molecule has 1 N–H and O–H groups in total. The fourth-order valence-electron chi connectivity index (χ4n) is 4.09. The second-order valence-electron chi connectivity index (χ2n) is 9.04. The molecule has 0 aliphatic carbocycles. The standard InChI is InChI=1S/C21H41NO3/c1-6-7-8-9-10-11-12-13-14-15-19(23)25-18-16-20(2,3)22(24)21(4,5)17-18/h18,24H,6-17H2,1-5H3. The third-order valence-electron chi connectivity index (χ3n) is 5.38. The van der Waals surface area contributed by atoms with Gasteiger partial charge in [-0.1, -0.05) is 58.3 Å². The molecule has 0 aromatic carbocycles. The lowest BCUT2D eigenvalue weighted by Crippen LogP contribution is -2.60. The number of hydroxylamine groups is 2. The molecule has 0 amide bonds. The van der Waals surface area contributed by atoms with Crippen molar-refractivity contribution in [1.82, 2.24) is 5.06 Å². The molecule has 4 nitrogen and oxygen atoms in total. The van der Waals surface area contributed by atoms with E-state index in [0.29, 0.717) is 19.3 Å². The summed E-state index contributed by atoms with van der Waals surface area (Å²) >= 11 is 0. The van der Waals surface area contributed by atoms with Gasteiger partial charge in [0.05, 0.1) is 0 Å². The molecule has 0 bridgehead atoms. The van der Waals surface area contributed by atoms with Gasteiger partial charge in [-0.05, 0) is 34.1 Å². The molecule has 4 heteroatoms. The van der Waals surface area contributed by atoms with Crippen molar-refractivity contribution in [2.45, 2.75) is 129 Å². The molecule has 148 valence electrons. The van der Waals surface area contributed by atoms with Crippen LogP contribution in [-0.4, -0.2) is 33.4 Å². The molecule has 0 aromatic rings. The second-order valence-corrected chi connectivity index (χ2v) is 9.04. The Hall–Kier alpha value is -0.610. The van der Waals surface area contributed by atoms with Gasteiger partial charge in [-0.25, -0.2) is 0 Å². The molecule has 25 heavy (non-hydrogen) atoms. The van der Waals surface area contributed by atoms with Gasteiger partial charge < -0.3 is 9.94 Å². The van der Waals surface area contributed by atoms with Crippen molar-refractivity contribution >= 4 is 5.97 Å². The zero-order chi connectivity index (χ0) is 18.9. The normalized spacial score (nSPS) is 20.6. The largest absolute Gasteiger partial charge is 0.462 e. The van der Waals surface area contributed by atoms with Gasteiger partial charge in [0, 0.05) is 30.3 Å². The summed E-state index contributed by atoms with van der Waals surface area (Å²) in [6, 6.07) is 0. The molecule has 0 spiro atoms. The quantitative estimate of drug-likeness (QED) is 0.372. The van der Waals surface area contributed by atoms with E-state index in [1.54, 1.807) is 0 Å². The molecular formula is C21H41NO3. The molecule has 1 aliphatic rings. The maximum absolute atomic E-state index is 12.1. The van der Waals surface area contributed by atoms with Crippen LogP contribution in [0.15, 0.2) is 0 Å². The number of esters is 1. The SMILES string of the molecule is CCCCCCCCCCCC(=O)OC1CC(C)(C)N(O)C(C)(C)C1. The molecule has 0 saturated carbocycles. The summed E-state index contributed by atoms with van der Waals surface area (Å²) in [5, 5.41) is 11.7. The maximum Gasteiger partial charge on any atom is 0.306 e. The Bertz CT molecular complexity index is 375. The average molecular weight is 356 g/mol. The summed E-state index contributed by atoms with van der Waals surface area (Å²) in [4.78, 5) is 12.1. The summed E-state index contributed by atoms with van der Waals surface area (Å²) in [7, 11) is 0. The van der Waals surface area contributed by atoms with Crippen LogP contribution >= 0.6 is 0 Å². The minimum absolute atomic E-state index is 0.0778. The van der Waals surface area contributed by atoms with Gasteiger partial charge in [0.1, 0.15) is 6.10 Å². The van der Waals surface area contributed by atoms with Gasteiger partial charge >= 0.3 is 5.97 Å². The topological polar surface area (TPSA) is 49.8 Å². The number of hydrogen-bond donors (Lipinski definition) is 1. The van der Waals surface area contributed by atoms with Crippen LogP contribution in [0.25, 0.3) is 0 Å². The highest BCUT2D eigenvalue weighted by atomic mass is 16.5. The van der Waals surface area contributed by atoms with E-state index in [1.165, 1.54) is 50.0 Å². The van der Waals surface area contributed by atoms with Crippen LogP contribution in [0, 0.1) is 0 Å². The summed E-state index contributed by atoms with van der Waals surface area (Å²) in [5.74, 6) is -0.0778. The van der Waals surface area contributed by atoms with E-state index in [9.17, 15) is 10.0 Å². The molecule has 1 heterocycles. The van der Waals surface area contributed by atoms with Gasteiger partial charge in [-0.15, -0.1) is 0 Å². The number of carbonyl (C=O) groups excluding carboxylic acids is 1. The minimum Gasteiger partial charge on any atom is -0.462 e. The predicted octanol–water partition coefficient (Wildman–Crippen LogP) is 5.86. The van der Waals surface area contributed by atoms with Crippen molar-refractivity contribution in [2.24, 2.45) is 0 Å². The predicted molar refractivity (Wildman–Crippen MR) is 103 cm³/mol. The zero-order valence-electron chi connectivity index (χ0n) is 17.3. The summed E-state index contributed by atoms with van der Waals surface area (Å²) < 4.78 is 5.71. The highest BCUT2D eigenvalue weighted by Crippen LogP contribution is 2.38. The van der Waals surface area contributed by atoms with E-state index in [0.717, 1.165) is 12.8 Å². The van der Waals surface area contributed by atoms with Crippen LogP contribution in [-0.2, 0) is 9.53 Å². The van der Waals surface area contributed by atoms with Crippen molar-refractivity contribution < 1.29 is 14.7 Å². The van der Waals surface area contributed by atoms with Crippen LogP contribution in [0.5, 0.6) is 0 Å². The first-order valence-corrected chi connectivity index (χ1v) is 10.4. The molecule has 1 fully saturated rings. The second kappa shape index (κ2) is 10.5. The van der Waals surface area contributed by atoms with E-state index >= 15 is 0 Å². The summed E-state index contributed by atoms with van der Waals surface area (Å²) in [6.45, 7) is 10.2. The maximum atomic E-state index is 12.1. The van der Waals surface area contributed by atoms with Crippen LogP contribution < -0.4 is 0 Å². The number of hydrogen-bond acceptors (Lipinski definition) is 4.